The van der Waals surface area contributed by atoms with E-state index in [0.29, 0.717) is 107 Å². The number of rotatable bonds is 24. The number of likely N-dealkylation sites (tertiary alicyclic amines) is 1. The maximum atomic E-state index is 12.9. The zero-order chi connectivity index (χ0) is 44.8. The van der Waals surface area contributed by atoms with Crippen molar-refractivity contribution in [2.75, 3.05) is 84.2 Å². The van der Waals surface area contributed by atoms with Crippen LogP contribution in [-0.2, 0) is 62.4 Å². The third-order valence-corrected chi connectivity index (χ3v) is 13.6. The minimum atomic E-state index is -0.672. The van der Waals surface area contributed by atoms with Gasteiger partial charge in [-0.05, 0) is 37.9 Å². The van der Waals surface area contributed by atoms with Gasteiger partial charge in [0, 0.05) is 47.6 Å². The van der Waals surface area contributed by atoms with Gasteiger partial charge < -0.3 is 44.8 Å². The van der Waals surface area contributed by atoms with Crippen molar-refractivity contribution >= 4 is 75.0 Å². The van der Waals surface area contributed by atoms with Gasteiger partial charge in [0.25, 0.3) is 5.91 Å². The van der Waals surface area contributed by atoms with Gasteiger partial charge in [-0.2, -0.15) is 0 Å². The van der Waals surface area contributed by atoms with Gasteiger partial charge >= 0.3 is 0 Å². The lowest BCUT2D eigenvalue weighted by molar-refractivity contribution is -0.137. The van der Waals surface area contributed by atoms with Crippen molar-refractivity contribution < 1.29 is 47.4 Å². The van der Waals surface area contributed by atoms with E-state index in [4.69, 9.17) is 18.6 Å². The molecule has 6 rings (SSSR count). The number of thiophene rings is 1. The Morgan fingerprint density at radius 2 is 1.67 bits per heavy atom. The number of imide groups is 1. The summed E-state index contributed by atoms with van der Waals surface area (Å²) in [5.41, 5.74) is 1.26. The SMILES string of the molecule is CC(C)(C)c1cnc(CSc2cnc(NC(=O)C3CCN(CC(=O)NCCOCCOCCOCCNCC(=O)NCc4scc5c4CN(C4CCC(=O)NC4=O)C5=O)CC3)s2)o1. The Morgan fingerprint density at radius 3 is 2.38 bits per heavy atom. The second-order valence-corrected chi connectivity index (χ2v) is 19.5. The molecule has 0 saturated carbocycles. The highest BCUT2D eigenvalue weighted by Gasteiger charge is 2.40. The number of nitrogens with one attached hydrogen (secondary N) is 5. The van der Waals surface area contributed by atoms with Crippen molar-refractivity contribution in [3.63, 3.8) is 0 Å². The maximum absolute atomic E-state index is 12.9. The normalized spacial score (nSPS) is 17.2. The molecule has 0 radical (unpaired) electrons. The number of thiazole rings is 1. The Hall–Kier alpha value is -4.29. The summed E-state index contributed by atoms with van der Waals surface area (Å²) in [4.78, 5) is 87.6. The fourth-order valence-electron chi connectivity index (χ4n) is 7.00. The molecule has 3 aliphatic heterocycles. The monoisotopic (exact) mass is 931 g/mol. The number of aromatic nitrogens is 2. The highest BCUT2D eigenvalue weighted by atomic mass is 32.2. The van der Waals surface area contributed by atoms with Gasteiger partial charge in [-0.3, -0.25) is 39.0 Å². The first-order valence-corrected chi connectivity index (χ1v) is 23.8. The van der Waals surface area contributed by atoms with Crippen molar-refractivity contribution in [3.05, 3.63) is 45.4 Å². The number of nitrogens with zero attached hydrogens (tertiary/aromatic N) is 4. The molecule has 2 fully saturated rings. The molecule has 0 aliphatic carbocycles. The lowest BCUT2D eigenvalue weighted by atomic mass is 9.94. The zero-order valence-corrected chi connectivity index (χ0v) is 38.4. The van der Waals surface area contributed by atoms with E-state index in [1.165, 1.54) is 27.6 Å². The predicted octanol–water partition coefficient (Wildman–Crippen LogP) is 2.27. The molecule has 22 heteroatoms. The minimum absolute atomic E-state index is 0.0466. The highest BCUT2D eigenvalue weighted by molar-refractivity contribution is 8.00. The first-order chi connectivity index (χ1) is 30.3. The van der Waals surface area contributed by atoms with Crippen LogP contribution in [0.4, 0.5) is 5.13 Å². The van der Waals surface area contributed by atoms with E-state index in [2.05, 4.69) is 62.2 Å². The van der Waals surface area contributed by atoms with Crippen LogP contribution in [0.15, 0.2) is 26.4 Å². The van der Waals surface area contributed by atoms with Gasteiger partial charge in [0.05, 0.1) is 87.2 Å². The molecule has 3 aliphatic rings. The number of piperidine rings is 2. The molecule has 5 N–H and O–H groups in total. The largest absolute Gasteiger partial charge is 0.444 e. The number of hydrogen-bond acceptors (Lipinski definition) is 17. The number of ether oxygens (including phenoxy) is 3. The summed E-state index contributed by atoms with van der Waals surface area (Å²) >= 11 is 4.40. The van der Waals surface area contributed by atoms with Crippen molar-refractivity contribution in [3.8, 4) is 0 Å². The highest BCUT2D eigenvalue weighted by Crippen LogP contribution is 2.34. The van der Waals surface area contributed by atoms with Crippen LogP contribution < -0.4 is 26.6 Å². The summed E-state index contributed by atoms with van der Waals surface area (Å²) in [5.74, 6) is 0.617. The second-order valence-electron chi connectivity index (χ2n) is 16.3. The molecule has 6 amide bonds. The third-order valence-electron chi connectivity index (χ3n) is 10.5. The molecule has 0 spiro atoms. The quantitative estimate of drug-likeness (QED) is 0.0493. The fraction of sp³-hybridized carbons (Fsp3) is 0.610. The van der Waals surface area contributed by atoms with Crippen LogP contribution in [0.2, 0.25) is 0 Å². The zero-order valence-electron chi connectivity index (χ0n) is 35.9. The van der Waals surface area contributed by atoms with Gasteiger partial charge in [0.2, 0.25) is 35.4 Å². The average molecular weight is 932 g/mol. The van der Waals surface area contributed by atoms with E-state index in [1.807, 2.05) is 0 Å². The summed E-state index contributed by atoms with van der Waals surface area (Å²) in [6.07, 6.45) is 5.36. The summed E-state index contributed by atoms with van der Waals surface area (Å²) in [5, 5.41) is 16.4. The van der Waals surface area contributed by atoms with Crippen LogP contribution in [0.3, 0.4) is 0 Å². The Balaban J connectivity index is 0.704. The molecule has 19 nitrogen and oxygen atoms in total. The van der Waals surface area contributed by atoms with Gasteiger partial charge in [-0.15, -0.1) is 23.1 Å². The van der Waals surface area contributed by atoms with Gasteiger partial charge in [0.15, 0.2) is 5.13 Å². The van der Waals surface area contributed by atoms with Crippen molar-refractivity contribution in [1.29, 1.82) is 0 Å². The average Bonchev–Trinajstić information content (AvgIpc) is 4.06. The number of hydrogen-bond donors (Lipinski definition) is 5. The Labute approximate surface area is 378 Å². The smallest absolute Gasteiger partial charge is 0.256 e. The third kappa shape index (κ3) is 14.6. The number of carbonyl (C=O) groups is 6. The van der Waals surface area contributed by atoms with Crippen LogP contribution in [0, 0.1) is 5.92 Å². The molecule has 1 unspecified atom stereocenters. The maximum Gasteiger partial charge on any atom is 0.256 e. The van der Waals surface area contributed by atoms with Crippen molar-refractivity contribution in [1.82, 2.24) is 41.0 Å². The number of carbonyl (C=O) groups excluding carboxylic acids is 6. The van der Waals surface area contributed by atoms with Crippen LogP contribution in [0.1, 0.15) is 78.9 Å². The van der Waals surface area contributed by atoms with Crippen molar-refractivity contribution in [2.24, 2.45) is 5.92 Å². The van der Waals surface area contributed by atoms with Gasteiger partial charge in [-0.1, -0.05) is 32.1 Å². The summed E-state index contributed by atoms with van der Waals surface area (Å²) in [6, 6.07) is -0.672. The molecule has 3 aromatic heterocycles. The van der Waals surface area contributed by atoms with Gasteiger partial charge in [-0.25, -0.2) is 9.97 Å². The molecule has 2 saturated heterocycles. The van der Waals surface area contributed by atoms with E-state index in [0.717, 1.165) is 20.4 Å². The topological polar surface area (TPSA) is 236 Å². The van der Waals surface area contributed by atoms with Gasteiger partial charge in [0.1, 0.15) is 11.8 Å². The standard InChI is InChI=1S/C41H57N9O10S3/c1-41(2,3)31-19-45-35(60-31)25-62-36-21-46-40(63-36)48-37(54)26-6-10-49(11-7-26)23-34(53)43-9-13-58-15-17-59-16-14-57-12-8-42-20-33(52)44-18-30-27-22-50(39(56)28(27)24-61-30)29-4-5-32(51)47-38(29)55/h19,21,24,26,29,42H,4-18,20,22-23,25H2,1-3H3,(H,43,53)(H,44,52)(H,46,48,54)(H,47,51,55). The Bertz CT molecular complexity index is 2040. The predicted molar refractivity (Wildman–Crippen MR) is 235 cm³/mol. The van der Waals surface area contributed by atoms with Crippen LogP contribution >= 0.6 is 34.4 Å². The van der Waals surface area contributed by atoms with Crippen molar-refractivity contribution in [2.45, 2.75) is 81.0 Å². The molecule has 0 bridgehead atoms. The molecule has 6 heterocycles. The van der Waals surface area contributed by atoms with Crippen LogP contribution in [0.5, 0.6) is 0 Å². The first-order valence-electron chi connectivity index (χ1n) is 21.1. The molecule has 0 aromatic carbocycles. The van der Waals surface area contributed by atoms with E-state index in [9.17, 15) is 28.8 Å². The summed E-state index contributed by atoms with van der Waals surface area (Å²) < 4.78 is 23.5. The van der Waals surface area contributed by atoms with E-state index in [-0.39, 0.29) is 73.5 Å². The Morgan fingerprint density at radius 1 is 0.937 bits per heavy atom. The van der Waals surface area contributed by atoms with E-state index in [1.54, 1.807) is 29.5 Å². The summed E-state index contributed by atoms with van der Waals surface area (Å²) in [7, 11) is 0. The fourth-order valence-corrected chi connectivity index (χ4v) is 9.71. The first kappa shape index (κ1) is 48.2. The number of amides is 6. The molecule has 344 valence electrons. The number of thioether (sulfide) groups is 1. The molecule has 1 atom stereocenters. The number of anilines is 1. The van der Waals surface area contributed by atoms with Crippen LogP contribution in [-0.4, -0.2) is 140 Å². The summed E-state index contributed by atoms with van der Waals surface area (Å²) in [6.45, 7) is 11.7. The lowest BCUT2D eigenvalue weighted by Gasteiger charge is -2.30. The molecular formula is C41H57N9O10S3. The molecular weight excluding hydrogens is 875 g/mol. The van der Waals surface area contributed by atoms with E-state index >= 15 is 0 Å². The van der Waals surface area contributed by atoms with Crippen LogP contribution in [0.25, 0.3) is 0 Å². The second kappa shape index (κ2) is 23.6. The number of fused-ring (bicyclic) bond motifs is 1. The number of oxazole rings is 1. The van der Waals surface area contributed by atoms with E-state index < -0.39 is 11.9 Å². The Kier molecular flexibility index (Phi) is 18.0. The minimum Gasteiger partial charge on any atom is -0.444 e. The lowest BCUT2D eigenvalue weighted by Crippen LogP contribution is -2.52. The molecule has 63 heavy (non-hydrogen) atoms. The molecule has 3 aromatic rings.